The standard InChI is InChI=1S/C16H26O2/c1-5-15(17,6-2)13-9-11-14(12-10-13)16(18,7-3)8-4/h9-12,17-18H,5-8H2,1-4H3. The van der Waals surface area contributed by atoms with Gasteiger partial charge in [0, 0.05) is 0 Å². The molecule has 2 N–H and O–H groups in total. The molecule has 1 aromatic carbocycles. The van der Waals surface area contributed by atoms with Gasteiger partial charge in [-0.2, -0.15) is 0 Å². The Morgan fingerprint density at radius 3 is 1.06 bits per heavy atom. The van der Waals surface area contributed by atoms with Gasteiger partial charge in [-0.3, -0.25) is 0 Å². The third-order valence-corrected chi connectivity index (χ3v) is 4.30. The van der Waals surface area contributed by atoms with Crippen LogP contribution in [0.2, 0.25) is 0 Å². The van der Waals surface area contributed by atoms with Crippen molar-refractivity contribution in [1.82, 2.24) is 0 Å². The van der Waals surface area contributed by atoms with E-state index >= 15 is 0 Å². The Balaban J connectivity index is 3.06. The molecular weight excluding hydrogens is 224 g/mol. The SMILES string of the molecule is CCC(O)(CC)c1ccc(C(O)(CC)CC)cc1. The van der Waals surface area contributed by atoms with Crippen LogP contribution in [0.3, 0.4) is 0 Å². The third-order valence-electron chi connectivity index (χ3n) is 4.30. The zero-order chi connectivity index (χ0) is 13.8. The molecular formula is C16H26O2. The second-order valence-electron chi connectivity index (χ2n) is 5.05. The molecule has 0 aliphatic carbocycles. The molecule has 0 fully saturated rings. The number of rotatable bonds is 6. The molecule has 0 unspecified atom stereocenters. The summed E-state index contributed by atoms with van der Waals surface area (Å²) in [6.07, 6.45) is 2.81. The summed E-state index contributed by atoms with van der Waals surface area (Å²) in [5, 5.41) is 20.9. The van der Waals surface area contributed by atoms with Crippen molar-refractivity contribution in [3.8, 4) is 0 Å². The first-order chi connectivity index (χ1) is 8.45. The number of aliphatic hydroxyl groups is 2. The van der Waals surface area contributed by atoms with Gasteiger partial charge in [0.1, 0.15) is 0 Å². The summed E-state index contributed by atoms with van der Waals surface area (Å²) in [7, 11) is 0. The fourth-order valence-corrected chi connectivity index (χ4v) is 2.41. The zero-order valence-electron chi connectivity index (χ0n) is 12.0. The van der Waals surface area contributed by atoms with Crippen LogP contribution in [0.1, 0.15) is 64.5 Å². The molecule has 1 rings (SSSR count). The monoisotopic (exact) mass is 250 g/mol. The molecule has 102 valence electrons. The third kappa shape index (κ3) is 2.76. The lowest BCUT2D eigenvalue weighted by atomic mass is 9.84. The van der Waals surface area contributed by atoms with Crippen LogP contribution in [0.4, 0.5) is 0 Å². The first-order valence-electron chi connectivity index (χ1n) is 7.01. The lowest BCUT2D eigenvalue weighted by Crippen LogP contribution is -2.25. The van der Waals surface area contributed by atoms with Gasteiger partial charge >= 0.3 is 0 Å². The van der Waals surface area contributed by atoms with E-state index in [1.165, 1.54) is 0 Å². The van der Waals surface area contributed by atoms with Crippen LogP contribution in [0, 0.1) is 0 Å². The summed E-state index contributed by atoms with van der Waals surface area (Å²) >= 11 is 0. The predicted molar refractivity (Wildman–Crippen MR) is 75.4 cm³/mol. The van der Waals surface area contributed by atoms with Crippen molar-refractivity contribution in [2.45, 2.75) is 64.6 Å². The van der Waals surface area contributed by atoms with Crippen LogP contribution in [0.5, 0.6) is 0 Å². The summed E-state index contributed by atoms with van der Waals surface area (Å²) < 4.78 is 0. The van der Waals surface area contributed by atoms with Gasteiger partial charge in [0.05, 0.1) is 11.2 Å². The van der Waals surface area contributed by atoms with E-state index in [2.05, 4.69) is 0 Å². The Morgan fingerprint density at radius 1 is 0.667 bits per heavy atom. The average Bonchev–Trinajstić information content (AvgIpc) is 2.45. The molecule has 0 bridgehead atoms. The van der Waals surface area contributed by atoms with Crippen molar-refractivity contribution < 1.29 is 10.2 Å². The van der Waals surface area contributed by atoms with Crippen molar-refractivity contribution in [2.24, 2.45) is 0 Å². The van der Waals surface area contributed by atoms with Gasteiger partial charge in [0.15, 0.2) is 0 Å². The Morgan fingerprint density at radius 2 is 0.889 bits per heavy atom. The first-order valence-corrected chi connectivity index (χ1v) is 7.01. The fraction of sp³-hybridized carbons (Fsp3) is 0.625. The highest BCUT2D eigenvalue weighted by molar-refractivity contribution is 5.30. The first kappa shape index (κ1) is 15.2. The van der Waals surface area contributed by atoms with E-state index in [1.807, 2.05) is 52.0 Å². The predicted octanol–water partition coefficient (Wildman–Crippen LogP) is 3.70. The topological polar surface area (TPSA) is 40.5 Å². The average molecular weight is 250 g/mol. The molecule has 0 saturated carbocycles. The number of hydrogen-bond donors (Lipinski definition) is 2. The Kier molecular flexibility index (Phi) is 4.94. The minimum absolute atomic E-state index is 0.703. The smallest absolute Gasteiger partial charge is 0.0891 e. The molecule has 0 atom stereocenters. The van der Waals surface area contributed by atoms with E-state index in [9.17, 15) is 10.2 Å². The van der Waals surface area contributed by atoms with Gasteiger partial charge in [-0.15, -0.1) is 0 Å². The molecule has 0 radical (unpaired) electrons. The molecule has 0 heterocycles. The molecule has 0 amide bonds. The molecule has 2 nitrogen and oxygen atoms in total. The quantitative estimate of drug-likeness (QED) is 0.808. The summed E-state index contributed by atoms with van der Waals surface area (Å²) in [6.45, 7) is 7.97. The number of hydrogen-bond acceptors (Lipinski definition) is 2. The highest BCUT2D eigenvalue weighted by Gasteiger charge is 2.27. The van der Waals surface area contributed by atoms with E-state index < -0.39 is 11.2 Å². The van der Waals surface area contributed by atoms with E-state index in [1.54, 1.807) is 0 Å². The van der Waals surface area contributed by atoms with Crippen LogP contribution >= 0.6 is 0 Å². The second kappa shape index (κ2) is 5.85. The summed E-state index contributed by atoms with van der Waals surface area (Å²) in [6, 6.07) is 7.77. The van der Waals surface area contributed by atoms with E-state index in [4.69, 9.17) is 0 Å². The lowest BCUT2D eigenvalue weighted by molar-refractivity contribution is 0.0246. The van der Waals surface area contributed by atoms with Crippen LogP contribution in [0.25, 0.3) is 0 Å². The van der Waals surface area contributed by atoms with Crippen LogP contribution in [-0.4, -0.2) is 10.2 Å². The molecule has 1 aromatic rings. The highest BCUT2D eigenvalue weighted by atomic mass is 16.3. The van der Waals surface area contributed by atoms with Gasteiger partial charge in [-0.05, 0) is 36.8 Å². The molecule has 0 aliphatic rings. The second-order valence-corrected chi connectivity index (χ2v) is 5.05. The van der Waals surface area contributed by atoms with Crippen LogP contribution in [0.15, 0.2) is 24.3 Å². The normalized spacial score (nSPS) is 12.8. The van der Waals surface area contributed by atoms with E-state index in [0.29, 0.717) is 25.7 Å². The maximum absolute atomic E-state index is 10.4. The number of benzene rings is 1. The van der Waals surface area contributed by atoms with Crippen molar-refractivity contribution >= 4 is 0 Å². The highest BCUT2D eigenvalue weighted by Crippen LogP contribution is 2.32. The van der Waals surface area contributed by atoms with Crippen LogP contribution in [-0.2, 0) is 11.2 Å². The van der Waals surface area contributed by atoms with E-state index in [-0.39, 0.29) is 0 Å². The molecule has 0 saturated heterocycles. The van der Waals surface area contributed by atoms with Crippen molar-refractivity contribution in [2.75, 3.05) is 0 Å². The van der Waals surface area contributed by atoms with Gasteiger partial charge in [-0.25, -0.2) is 0 Å². The van der Waals surface area contributed by atoms with Gasteiger partial charge in [-0.1, -0.05) is 52.0 Å². The van der Waals surface area contributed by atoms with Crippen molar-refractivity contribution in [1.29, 1.82) is 0 Å². The molecule has 0 spiro atoms. The summed E-state index contributed by atoms with van der Waals surface area (Å²) in [5.41, 5.74) is 0.390. The van der Waals surface area contributed by atoms with Crippen LogP contribution < -0.4 is 0 Å². The summed E-state index contributed by atoms with van der Waals surface area (Å²) in [5.74, 6) is 0. The van der Waals surface area contributed by atoms with Crippen molar-refractivity contribution in [3.05, 3.63) is 35.4 Å². The molecule has 0 aliphatic heterocycles. The minimum atomic E-state index is -0.741. The van der Waals surface area contributed by atoms with Gasteiger partial charge in [0.25, 0.3) is 0 Å². The Bertz CT molecular complexity index is 322. The maximum atomic E-state index is 10.4. The largest absolute Gasteiger partial charge is 0.385 e. The zero-order valence-corrected chi connectivity index (χ0v) is 12.0. The van der Waals surface area contributed by atoms with Gasteiger partial charge < -0.3 is 10.2 Å². The lowest BCUT2D eigenvalue weighted by Gasteiger charge is -2.29. The fourth-order valence-electron chi connectivity index (χ4n) is 2.41. The summed E-state index contributed by atoms with van der Waals surface area (Å²) in [4.78, 5) is 0. The molecule has 0 aromatic heterocycles. The van der Waals surface area contributed by atoms with Gasteiger partial charge in [0.2, 0.25) is 0 Å². The van der Waals surface area contributed by atoms with E-state index in [0.717, 1.165) is 11.1 Å². The molecule has 18 heavy (non-hydrogen) atoms. The Hall–Kier alpha value is -0.860. The Labute approximate surface area is 111 Å². The van der Waals surface area contributed by atoms with Crippen molar-refractivity contribution in [3.63, 3.8) is 0 Å². The maximum Gasteiger partial charge on any atom is 0.0891 e. The molecule has 2 heteroatoms. The minimum Gasteiger partial charge on any atom is -0.385 e.